The van der Waals surface area contributed by atoms with Gasteiger partial charge in [-0.25, -0.2) is 8.78 Å². The van der Waals surface area contributed by atoms with E-state index >= 15 is 0 Å². The molecule has 0 aromatic heterocycles. The Morgan fingerprint density at radius 1 is 1.50 bits per heavy atom. The molecule has 0 radical (unpaired) electrons. The van der Waals surface area contributed by atoms with Crippen molar-refractivity contribution < 1.29 is 27.5 Å². The van der Waals surface area contributed by atoms with Crippen molar-refractivity contribution in [2.75, 3.05) is 13.1 Å². The zero-order chi connectivity index (χ0) is 9.78. The van der Waals surface area contributed by atoms with Crippen LogP contribution in [0.5, 0.6) is 0 Å². The second-order valence-corrected chi connectivity index (χ2v) is 2.06. The molecule has 0 atom stereocenters. The number of hydrogen-bond donors (Lipinski definition) is 2. The fraction of sp³-hybridized carbons (Fsp3) is 0.800. The maximum absolute atomic E-state index is 12.0. The molecule has 2 N–H and O–H groups in total. The molecule has 72 valence electrons. The molecule has 0 unspecified atom stereocenters. The third-order valence-electron chi connectivity index (χ3n) is 0.956. The lowest BCUT2D eigenvalue weighted by molar-refractivity contribution is -0.138. The van der Waals surface area contributed by atoms with Gasteiger partial charge in [0.05, 0.1) is 13.1 Å². The van der Waals surface area contributed by atoms with E-state index in [1.807, 2.05) is 0 Å². The number of carboxylic acid groups (broad SMARTS) is 1. The lowest BCUT2D eigenvalue weighted by Gasteiger charge is -2.14. The molecule has 0 aliphatic rings. The third kappa shape index (κ3) is 4.12. The monoisotopic (exact) mass is 189 g/mol. The number of halogens is 4. The first kappa shape index (κ1) is 11.2. The van der Waals surface area contributed by atoms with E-state index in [0.29, 0.717) is 0 Å². The first-order valence-electron chi connectivity index (χ1n) is 2.95. The van der Waals surface area contributed by atoms with Crippen molar-refractivity contribution in [2.45, 2.75) is 12.3 Å². The minimum atomic E-state index is -4.17. The van der Waals surface area contributed by atoms with Crippen LogP contribution in [0.15, 0.2) is 0 Å². The van der Waals surface area contributed by atoms with E-state index in [4.69, 9.17) is 5.11 Å². The van der Waals surface area contributed by atoms with Gasteiger partial charge in [0.25, 0.3) is 0 Å². The van der Waals surface area contributed by atoms with Crippen molar-refractivity contribution in [3.63, 3.8) is 0 Å². The highest BCUT2D eigenvalue weighted by Crippen LogP contribution is 2.21. The summed E-state index contributed by atoms with van der Waals surface area (Å²) in [6, 6.07) is 0. The second kappa shape index (κ2) is 4.24. The first-order valence-corrected chi connectivity index (χ1v) is 2.95. The van der Waals surface area contributed by atoms with E-state index in [1.54, 1.807) is 5.32 Å². The van der Waals surface area contributed by atoms with Crippen molar-refractivity contribution >= 4 is 5.97 Å². The number of carboxylic acids is 1. The summed E-state index contributed by atoms with van der Waals surface area (Å²) in [5.74, 6) is -5.55. The van der Waals surface area contributed by atoms with Gasteiger partial charge in [-0.3, -0.25) is 4.79 Å². The number of alkyl halides is 4. The minimum Gasteiger partial charge on any atom is -0.480 e. The van der Waals surface area contributed by atoms with Gasteiger partial charge in [-0.2, -0.15) is 8.78 Å². The highest BCUT2D eigenvalue weighted by atomic mass is 19.3. The van der Waals surface area contributed by atoms with Gasteiger partial charge in [0.1, 0.15) is 0 Å². The SMILES string of the molecule is O=C(O)CNCC(F)(F)C(F)F. The largest absolute Gasteiger partial charge is 0.480 e. The fourth-order valence-corrected chi connectivity index (χ4v) is 0.413. The van der Waals surface area contributed by atoms with Gasteiger partial charge in [-0.1, -0.05) is 0 Å². The van der Waals surface area contributed by atoms with Crippen LogP contribution in [-0.4, -0.2) is 36.5 Å². The molecule has 0 heterocycles. The summed E-state index contributed by atoms with van der Waals surface area (Å²) in [5, 5.41) is 9.63. The predicted octanol–water partition coefficient (Wildman–Crippen LogP) is 0.561. The molecule has 0 saturated carbocycles. The molecule has 0 bridgehead atoms. The van der Waals surface area contributed by atoms with Gasteiger partial charge in [-0.05, 0) is 0 Å². The van der Waals surface area contributed by atoms with Crippen molar-refractivity contribution in [3.8, 4) is 0 Å². The summed E-state index contributed by atoms with van der Waals surface area (Å²) in [7, 11) is 0. The van der Waals surface area contributed by atoms with E-state index in [-0.39, 0.29) is 0 Å². The minimum absolute atomic E-state index is 0.762. The fourth-order valence-electron chi connectivity index (χ4n) is 0.413. The van der Waals surface area contributed by atoms with Crippen LogP contribution in [-0.2, 0) is 4.79 Å². The Labute approximate surface area is 65.4 Å². The molecule has 0 amide bonds. The highest BCUT2D eigenvalue weighted by Gasteiger charge is 2.40. The van der Waals surface area contributed by atoms with E-state index in [0.717, 1.165) is 0 Å². The standard InChI is InChI=1S/C5H7F4NO2/c6-4(7)5(8,9)2-10-1-3(11)12/h4,10H,1-2H2,(H,11,12). The Bertz CT molecular complexity index is 162. The zero-order valence-corrected chi connectivity index (χ0v) is 5.86. The molecule has 0 aliphatic heterocycles. The average molecular weight is 189 g/mol. The summed E-state index contributed by atoms with van der Waals surface area (Å²) in [5.41, 5.74) is 0. The first-order chi connectivity index (χ1) is 5.36. The van der Waals surface area contributed by atoms with Crippen LogP contribution in [0.3, 0.4) is 0 Å². The van der Waals surface area contributed by atoms with Crippen molar-refractivity contribution in [1.29, 1.82) is 0 Å². The van der Waals surface area contributed by atoms with Gasteiger partial charge in [0.2, 0.25) is 0 Å². The molecule has 7 heteroatoms. The predicted molar refractivity (Wildman–Crippen MR) is 31.5 cm³/mol. The number of hydrogen-bond acceptors (Lipinski definition) is 2. The lowest BCUT2D eigenvalue weighted by Crippen LogP contribution is -2.40. The Morgan fingerprint density at radius 3 is 2.33 bits per heavy atom. The summed E-state index contributed by atoms with van der Waals surface area (Å²) in [4.78, 5) is 9.76. The van der Waals surface area contributed by atoms with Crippen molar-refractivity contribution in [3.05, 3.63) is 0 Å². The Hall–Kier alpha value is -0.850. The van der Waals surface area contributed by atoms with E-state index in [2.05, 4.69) is 0 Å². The number of aliphatic carboxylic acids is 1. The van der Waals surface area contributed by atoms with Crippen LogP contribution in [0.1, 0.15) is 0 Å². The van der Waals surface area contributed by atoms with Gasteiger partial charge < -0.3 is 10.4 Å². The van der Waals surface area contributed by atoms with Crippen LogP contribution >= 0.6 is 0 Å². The van der Waals surface area contributed by atoms with Crippen LogP contribution in [0, 0.1) is 0 Å². The lowest BCUT2D eigenvalue weighted by atomic mass is 10.3. The van der Waals surface area contributed by atoms with Crippen molar-refractivity contribution in [1.82, 2.24) is 5.32 Å². The van der Waals surface area contributed by atoms with Crippen LogP contribution in [0.4, 0.5) is 17.6 Å². The van der Waals surface area contributed by atoms with Gasteiger partial charge in [0, 0.05) is 0 Å². The number of carbonyl (C=O) groups is 1. The third-order valence-corrected chi connectivity index (χ3v) is 0.956. The summed E-state index contributed by atoms with van der Waals surface area (Å²) < 4.78 is 46.8. The topological polar surface area (TPSA) is 49.3 Å². The Morgan fingerprint density at radius 2 is 2.00 bits per heavy atom. The second-order valence-electron chi connectivity index (χ2n) is 2.06. The van der Waals surface area contributed by atoms with E-state index in [1.165, 1.54) is 0 Å². The number of nitrogens with one attached hydrogen (secondary N) is 1. The van der Waals surface area contributed by atoms with E-state index in [9.17, 15) is 22.4 Å². The maximum Gasteiger partial charge on any atom is 0.319 e. The molecular weight excluding hydrogens is 182 g/mol. The molecule has 0 aliphatic carbocycles. The zero-order valence-electron chi connectivity index (χ0n) is 5.86. The van der Waals surface area contributed by atoms with Crippen LogP contribution in [0.2, 0.25) is 0 Å². The molecule has 0 aromatic carbocycles. The van der Waals surface area contributed by atoms with Crippen LogP contribution in [0.25, 0.3) is 0 Å². The molecule has 3 nitrogen and oxygen atoms in total. The smallest absolute Gasteiger partial charge is 0.319 e. The Balaban J connectivity index is 3.69. The molecule has 0 spiro atoms. The van der Waals surface area contributed by atoms with Gasteiger partial charge in [0.15, 0.2) is 0 Å². The molecule has 0 aromatic rings. The van der Waals surface area contributed by atoms with E-state index < -0.39 is 31.4 Å². The normalized spacial score (nSPS) is 12.1. The van der Waals surface area contributed by atoms with Gasteiger partial charge in [-0.15, -0.1) is 0 Å². The maximum atomic E-state index is 12.0. The van der Waals surface area contributed by atoms with Crippen LogP contribution < -0.4 is 5.32 Å². The highest BCUT2D eigenvalue weighted by molar-refractivity contribution is 5.68. The summed E-state index contributed by atoms with van der Waals surface area (Å²) in [6.07, 6.45) is -3.78. The number of rotatable bonds is 5. The molecule has 12 heavy (non-hydrogen) atoms. The molecule has 0 fully saturated rings. The average Bonchev–Trinajstić information content (AvgIpc) is 1.85. The summed E-state index contributed by atoms with van der Waals surface area (Å²) in [6.45, 7) is -2.10. The Kier molecular flexibility index (Phi) is 3.94. The van der Waals surface area contributed by atoms with Gasteiger partial charge >= 0.3 is 18.3 Å². The summed E-state index contributed by atoms with van der Waals surface area (Å²) >= 11 is 0. The quantitative estimate of drug-likeness (QED) is 0.621. The molecule has 0 rings (SSSR count). The molecule has 0 saturated heterocycles. The van der Waals surface area contributed by atoms with Crippen molar-refractivity contribution in [2.24, 2.45) is 0 Å². The molecular formula is C5H7F4NO2.